The lowest BCUT2D eigenvalue weighted by atomic mass is 9.90. The summed E-state index contributed by atoms with van der Waals surface area (Å²) in [4.78, 5) is 23.8. The van der Waals surface area contributed by atoms with Crippen LogP contribution < -0.4 is 10.8 Å². The van der Waals surface area contributed by atoms with Gasteiger partial charge in [-0.3, -0.25) is 14.8 Å². The molecule has 0 spiro atoms. The van der Waals surface area contributed by atoms with Crippen molar-refractivity contribution in [2.24, 2.45) is 11.8 Å². The van der Waals surface area contributed by atoms with Crippen LogP contribution in [0, 0.1) is 11.8 Å². The smallest absolute Gasteiger partial charge is 0.272 e. The fourth-order valence-electron chi connectivity index (χ4n) is 2.28. The lowest BCUT2D eigenvalue weighted by molar-refractivity contribution is -0.146. The van der Waals surface area contributed by atoms with E-state index < -0.39 is 23.8 Å². The van der Waals surface area contributed by atoms with Crippen LogP contribution in [0.3, 0.4) is 0 Å². The molecule has 0 saturated heterocycles. The molecule has 6 nitrogen and oxygen atoms in total. The summed E-state index contributed by atoms with van der Waals surface area (Å²) < 4.78 is 0. The van der Waals surface area contributed by atoms with Gasteiger partial charge in [0, 0.05) is 0 Å². The number of carbonyl (C=O) groups is 2. The van der Waals surface area contributed by atoms with Crippen molar-refractivity contribution in [1.82, 2.24) is 10.8 Å². The van der Waals surface area contributed by atoms with Crippen LogP contribution in [-0.2, 0) is 9.59 Å². The second kappa shape index (κ2) is 8.51. The molecule has 0 bridgehead atoms. The van der Waals surface area contributed by atoms with Gasteiger partial charge in [0.25, 0.3) is 5.91 Å². The van der Waals surface area contributed by atoms with Gasteiger partial charge in [-0.05, 0) is 24.8 Å². The first-order valence-corrected chi connectivity index (χ1v) is 7.34. The summed E-state index contributed by atoms with van der Waals surface area (Å²) in [5, 5.41) is 21.4. The first-order chi connectivity index (χ1) is 10.4. The maximum absolute atomic E-state index is 12.4. The number of carbonyl (C=O) groups excluding carboxylic acids is 2. The highest BCUT2D eigenvalue weighted by Gasteiger charge is 2.33. The number of rotatable bonds is 7. The van der Waals surface area contributed by atoms with Gasteiger partial charge in [-0.1, -0.05) is 44.2 Å². The van der Waals surface area contributed by atoms with Gasteiger partial charge < -0.3 is 10.4 Å². The average molecular weight is 308 g/mol. The fourth-order valence-corrected chi connectivity index (χ4v) is 2.28. The van der Waals surface area contributed by atoms with E-state index in [1.165, 1.54) is 5.48 Å². The highest BCUT2D eigenvalue weighted by atomic mass is 16.5. The first kappa shape index (κ1) is 18.1. The van der Waals surface area contributed by atoms with E-state index in [2.05, 4.69) is 5.32 Å². The molecule has 1 aromatic carbocycles. The highest BCUT2D eigenvalue weighted by Crippen LogP contribution is 2.19. The Kier molecular flexibility index (Phi) is 7.01. The van der Waals surface area contributed by atoms with E-state index in [1.54, 1.807) is 0 Å². The second-order valence-corrected chi connectivity index (χ2v) is 5.80. The van der Waals surface area contributed by atoms with Crippen molar-refractivity contribution >= 4 is 11.8 Å². The van der Waals surface area contributed by atoms with Gasteiger partial charge in [0.1, 0.15) is 6.10 Å². The molecule has 0 heterocycles. The Morgan fingerprint density at radius 3 is 2.18 bits per heavy atom. The summed E-state index contributed by atoms with van der Waals surface area (Å²) in [6.45, 7) is 5.62. The Morgan fingerprint density at radius 2 is 1.68 bits per heavy atom. The molecule has 0 aliphatic carbocycles. The molecule has 0 aliphatic heterocycles. The summed E-state index contributed by atoms with van der Waals surface area (Å²) in [5.41, 5.74) is 2.32. The third-order valence-corrected chi connectivity index (χ3v) is 3.48. The van der Waals surface area contributed by atoms with Crippen LogP contribution in [0.25, 0.3) is 0 Å². The van der Waals surface area contributed by atoms with E-state index in [1.807, 2.05) is 51.1 Å². The van der Waals surface area contributed by atoms with E-state index in [0.717, 1.165) is 5.56 Å². The van der Waals surface area contributed by atoms with Crippen molar-refractivity contribution in [3.63, 3.8) is 0 Å². The molecular weight excluding hydrogens is 284 g/mol. The van der Waals surface area contributed by atoms with Gasteiger partial charge >= 0.3 is 0 Å². The number of hydrogen-bond acceptors (Lipinski definition) is 4. The van der Waals surface area contributed by atoms with E-state index >= 15 is 0 Å². The molecule has 4 N–H and O–H groups in total. The maximum Gasteiger partial charge on any atom is 0.272 e. The van der Waals surface area contributed by atoms with Crippen LogP contribution in [0.2, 0.25) is 0 Å². The third-order valence-electron chi connectivity index (χ3n) is 3.48. The van der Waals surface area contributed by atoms with E-state index in [-0.39, 0.29) is 12.0 Å². The maximum atomic E-state index is 12.4. The number of benzene rings is 1. The van der Waals surface area contributed by atoms with Gasteiger partial charge in [-0.25, -0.2) is 5.48 Å². The Hall–Kier alpha value is -1.92. The van der Waals surface area contributed by atoms with Gasteiger partial charge in [0.15, 0.2) is 0 Å². The van der Waals surface area contributed by atoms with Crippen molar-refractivity contribution in [1.29, 1.82) is 0 Å². The largest absolute Gasteiger partial charge is 0.382 e. The molecule has 1 aromatic rings. The molecular formula is C16H24N2O4. The number of nitrogens with one attached hydrogen (secondary N) is 2. The summed E-state index contributed by atoms with van der Waals surface area (Å²) >= 11 is 0. The molecule has 1 rings (SSSR count). The molecule has 6 heteroatoms. The third kappa shape index (κ3) is 5.13. The molecule has 22 heavy (non-hydrogen) atoms. The number of amides is 2. The topological polar surface area (TPSA) is 98.7 Å². The average Bonchev–Trinajstić information content (AvgIpc) is 2.51. The van der Waals surface area contributed by atoms with Crippen LogP contribution in [0.1, 0.15) is 38.8 Å². The Morgan fingerprint density at radius 1 is 1.09 bits per heavy atom. The summed E-state index contributed by atoms with van der Waals surface area (Å²) in [6.07, 6.45) is -1.25. The van der Waals surface area contributed by atoms with Crippen molar-refractivity contribution < 1.29 is 19.9 Å². The number of aliphatic hydroxyl groups is 1. The van der Waals surface area contributed by atoms with Crippen molar-refractivity contribution in [3.05, 3.63) is 35.9 Å². The predicted octanol–water partition coefficient (Wildman–Crippen LogP) is 1.39. The van der Waals surface area contributed by atoms with Crippen LogP contribution >= 0.6 is 0 Å². The standard InChI is InChI=1S/C16H24N2O4/c1-10(2)9-13(14(19)16(21)18-22)15(20)17-11(3)12-7-5-4-6-8-12/h4-8,10-11,13-14,19,22H,9H2,1-3H3,(H,17,20)(H,18,21)/t11-,13-,14+/m1/s1. The lowest BCUT2D eigenvalue weighted by Crippen LogP contribution is -2.46. The molecule has 0 saturated carbocycles. The zero-order chi connectivity index (χ0) is 16.7. The van der Waals surface area contributed by atoms with E-state index in [4.69, 9.17) is 5.21 Å². The molecule has 122 valence electrons. The number of hydrogen-bond donors (Lipinski definition) is 4. The van der Waals surface area contributed by atoms with Crippen LogP contribution in [0.15, 0.2) is 30.3 Å². The highest BCUT2D eigenvalue weighted by molar-refractivity contribution is 5.88. The van der Waals surface area contributed by atoms with Crippen molar-refractivity contribution in [3.8, 4) is 0 Å². The first-order valence-electron chi connectivity index (χ1n) is 7.34. The quantitative estimate of drug-likeness (QED) is 0.452. The second-order valence-electron chi connectivity index (χ2n) is 5.80. The molecule has 0 aliphatic rings. The van der Waals surface area contributed by atoms with Crippen molar-refractivity contribution in [2.45, 2.75) is 39.3 Å². The van der Waals surface area contributed by atoms with Gasteiger partial charge in [0.05, 0.1) is 12.0 Å². The minimum absolute atomic E-state index is 0.115. The molecule has 0 unspecified atom stereocenters. The predicted molar refractivity (Wildman–Crippen MR) is 81.9 cm³/mol. The van der Waals surface area contributed by atoms with E-state index in [9.17, 15) is 14.7 Å². The molecule has 0 aromatic heterocycles. The number of hydroxylamine groups is 1. The summed E-state index contributed by atoms with van der Waals surface area (Å²) in [6, 6.07) is 9.16. The normalized spacial score (nSPS) is 15.0. The Bertz CT molecular complexity index is 490. The molecule has 3 atom stereocenters. The Labute approximate surface area is 130 Å². The Balaban J connectivity index is 2.81. The zero-order valence-corrected chi connectivity index (χ0v) is 13.1. The van der Waals surface area contributed by atoms with Crippen LogP contribution in [0.5, 0.6) is 0 Å². The van der Waals surface area contributed by atoms with Gasteiger partial charge in [-0.2, -0.15) is 0 Å². The van der Waals surface area contributed by atoms with Gasteiger partial charge in [-0.15, -0.1) is 0 Å². The number of aliphatic hydroxyl groups excluding tert-OH is 1. The molecule has 0 radical (unpaired) electrons. The minimum Gasteiger partial charge on any atom is -0.382 e. The SMILES string of the molecule is CC(C)C[C@@H](C(=O)N[C@H](C)c1ccccc1)[C@H](O)C(=O)NO. The minimum atomic E-state index is -1.59. The van der Waals surface area contributed by atoms with Crippen LogP contribution in [-0.4, -0.2) is 28.2 Å². The van der Waals surface area contributed by atoms with Crippen LogP contribution in [0.4, 0.5) is 0 Å². The molecule has 2 amide bonds. The van der Waals surface area contributed by atoms with E-state index in [0.29, 0.717) is 6.42 Å². The summed E-state index contributed by atoms with van der Waals surface area (Å²) in [5.74, 6) is -2.20. The molecule has 0 fully saturated rings. The fraction of sp³-hybridized carbons (Fsp3) is 0.500. The zero-order valence-electron chi connectivity index (χ0n) is 13.1. The monoisotopic (exact) mass is 308 g/mol. The lowest BCUT2D eigenvalue weighted by Gasteiger charge is -2.24. The van der Waals surface area contributed by atoms with Crippen molar-refractivity contribution in [2.75, 3.05) is 0 Å². The summed E-state index contributed by atoms with van der Waals surface area (Å²) in [7, 11) is 0. The van der Waals surface area contributed by atoms with Gasteiger partial charge in [0.2, 0.25) is 5.91 Å².